The third kappa shape index (κ3) is 3.29. The second-order valence-electron chi connectivity index (χ2n) is 2.28. The van der Waals surface area contributed by atoms with Gasteiger partial charge in [-0.25, -0.2) is 0 Å². The van der Waals surface area contributed by atoms with E-state index >= 15 is 0 Å². The molecule has 0 atom stereocenters. The van der Waals surface area contributed by atoms with Crippen molar-refractivity contribution in [2.24, 2.45) is 0 Å². The number of benzene rings is 1. The predicted molar refractivity (Wildman–Crippen MR) is 55.9 cm³/mol. The van der Waals surface area contributed by atoms with Crippen molar-refractivity contribution < 1.29 is 0 Å². The van der Waals surface area contributed by atoms with Crippen LogP contribution < -0.4 is 0 Å². The molecule has 0 heterocycles. The molecule has 0 aliphatic rings. The van der Waals surface area contributed by atoms with Crippen LogP contribution in [0.15, 0.2) is 28.7 Å². The molecule has 0 N–H and O–H groups in total. The third-order valence-corrected chi connectivity index (χ3v) is 2.75. The van der Waals surface area contributed by atoms with E-state index in [2.05, 4.69) is 34.1 Å². The predicted octanol–water partition coefficient (Wildman–Crippen LogP) is 3.21. The molecule has 12 heavy (non-hydrogen) atoms. The third-order valence-electron chi connectivity index (χ3n) is 1.35. The molecule has 0 spiro atoms. The van der Waals surface area contributed by atoms with Gasteiger partial charge in [0.25, 0.3) is 0 Å². The number of rotatable bonds is 3. The molecule has 0 unspecified atom stereocenters. The second kappa shape index (κ2) is 5.23. The quantitative estimate of drug-likeness (QED) is 0.760. The Morgan fingerprint density at radius 1 is 1.33 bits per heavy atom. The van der Waals surface area contributed by atoms with Crippen molar-refractivity contribution in [3.63, 3.8) is 0 Å². The molecule has 0 aliphatic carbocycles. The maximum absolute atomic E-state index is 8.31. The summed E-state index contributed by atoms with van der Waals surface area (Å²) in [6.07, 6.45) is 0. The van der Waals surface area contributed by atoms with E-state index in [0.717, 1.165) is 10.2 Å². The highest BCUT2D eigenvalue weighted by atomic mass is 79.9. The van der Waals surface area contributed by atoms with E-state index in [1.54, 1.807) is 11.8 Å². The fourth-order valence-corrected chi connectivity index (χ4v) is 1.68. The lowest BCUT2D eigenvalue weighted by atomic mass is 10.2. The van der Waals surface area contributed by atoms with E-state index in [4.69, 9.17) is 5.26 Å². The van der Waals surface area contributed by atoms with Gasteiger partial charge in [-0.1, -0.05) is 28.1 Å². The van der Waals surface area contributed by atoms with Gasteiger partial charge in [-0.3, -0.25) is 0 Å². The molecule has 62 valence electrons. The average Bonchev–Trinajstić information content (AvgIpc) is 2.09. The molecule has 0 amide bonds. The number of halogens is 1. The number of nitrogens with zero attached hydrogens (tertiary/aromatic N) is 1. The zero-order valence-corrected chi connectivity index (χ0v) is 8.86. The lowest BCUT2D eigenvalue weighted by Gasteiger charge is -1.97. The van der Waals surface area contributed by atoms with Crippen LogP contribution in [0.2, 0.25) is 0 Å². The van der Waals surface area contributed by atoms with Gasteiger partial charge in [0.2, 0.25) is 0 Å². The van der Waals surface area contributed by atoms with Gasteiger partial charge in [-0.05, 0) is 17.7 Å². The first-order valence-electron chi connectivity index (χ1n) is 3.52. The summed E-state index contributed by atoms with van der Waals surface area (Å²) < 4.78 is 1.09. The summed E-state index contributed by atoms with van der Waals surface area (Å²) in [5.41, 5.74) is 1.26. The minimum atomic E-state index is 0.566. The monoisotopic (exact) mass is 241 g/mol. The van der Waals surface area contributed by atoms with Gasteiger partial charge in [0.05, 0.1) is 11.8 Å². The summed E-state index contributed by atoms with van der Waals surface area (Å²) >= 11 is 5.00. The van der Waals surface area contributed by atoms with Crippen LogP contribution in [0.3, 0.4) is 0 Å². The van der Waals surface area contributed by atoms with Crippen LogP contribution in [-0.2, 0) is 5.75 Å². The van der Waals surface area contributed by atoms with Crippen molar-refractivity contribution in [1.82, 2.24) is 0 Å². The number of nitriles is 1. The Hall–Kier alpha value is -0.460. The highest BCUT2D eigenvalue weighted by Gasteiger charge is 1.92. The molecule has 0 fully saturated rings. The number of thioether (sulfide) groups is 1. The highest BCUT2D eigenvalue weighted by Crippen LogP contribution is 2.15. The fourth-order valence-electron chi connectivity index (χ4n) is 0.795. The first-order chi connectivity index (χ1) is 5.83. The molecular formula is C9H8BrNS. The standard InChI is InChI=1S/C9H8BrNS/c10-9-3-1-8(2-4-9)7-12-6-5-11/h1-4H,6-7H2. The SMILES string of the molecule is N#CCSCc1ccc(Br)cc1. The lowest BCUT2D eigenvalue weighted by Crippen LogP contribution is -1.80. The Balaban J connectivity index is 2.43. The summed E-state index contributed by atoms with van der Waals surface area (Å²) in [4.78, 5) is 0. The van der Waals surface area contributed by atoms with Crippen molar-refractivity contribution >= 4 is 27.7 Å². The van der Waals surface area contributed by atoms with Crippen LogP contribution in [0, 0.1) is 11.3 Å². The highest BCUT2D eigenvalue weighted by molar-refractivity contribution is 9.10. The van der Waals surface area contributed by atoms with E-state index in [0.29, 0.717) is 5.75 Å². The van der Waals surface area contributed by atoms with Gasteiger partial charge in [-0.15, -0.1) is 11.8 Å². The Labute approximate surface area is 84.9 Å². The molecule has 0 saturated carbocycles. The zero-order valence-electron chi connectivity index (χ0n) is 6.46. The molecular weight excluding hydrogens is 234 g/mol. The normalized spacial score (nSPS) is 9.33. The van der Waals surface area contributed by atoms with E-state index in [1.807, 2.05) is 12.1 Å². The van der Waals surface area contributed by atoms with E-state index < -0.39 is 0 Å². The Morgan fingerprint density at radius 2 is 2.00 bits per heavy atom. The largest absolute Gasteiger partial charge is 0.197 e. The topological polar surface area (TPSA) is 23.8 Å². The summed E-state index contributed by atoms with van der Waals surface area (Å²) in [5.74, 6) is 1.48. The van der Waals surface area contributed by atoms with E-state index in [1.165, 1.54) is 5.56 Å². The molecule has 1 aromatic carbocycles. The van der Waals surface area contributed by atoms with Gasteiger partial charge in [0, 0.05) is 10.2 Å². The average molecular weight is 242 g/mol. The molecule has 1 rings (SSSR count). The Kier molecular flexibility index (Phi) is 4.20. The van der Waals surface area contributed by atoms with Crippen LogP contribution in [0.25, 0.3) is 0 Å². The fraction of sp³-hybridized carbons (Fsp3) is 0.222. The van der Waals surface area contributed by atoms with Gasteiger partial charge in [-0.2, -0.15) is 5.26 Å². The number of hydrogen-bond donors (Lipinski definition) is 0. The minimum Gasteiger partial charge on any atom is -0.197 e. The summed E-state index contributed by atoms with van der Waals surface area (Å²) in [6.45, 7) is 0. The molecule has 0 aliphatic heterocycles. The van der Waals surface area contributed by atoms with Crippen LogP contribution in [0.5, 0.6) is 0 Å². The number of hydrogen-bond acceptors (Lipinski definition) is 2. The smallest absolute Gasteiger partial charge is 0.0811 e. The van der Waals surface area contributed by atoms with Gasteiger partial charge in [0.1, 0.15) is 0 Å². The summed E-state index contributed by atoms with van der Waals surface area (Å²) in [6, 6.07) is 10.3. The zero-order chi connectivity index (χ0) is 8.81. The molecule has 0 bridgehead atoms. The van der Waals surface area contributed by atoms with E-state index in [9.17, 15) is 0 Å². The Bertz CT molecular complexity index is 276. The van der Waals surface area contributed by atoms with Gasteiger partial charge < -0.3 is 0 Å². The maximum atomic E-state index is 8.31. The lowest BCUT2D eigenvalue weighted by molar-refractivity contribution is 1.40. The van der Waals surface area contributed by atoms with Crippen LogP contribution >= 0.6 is 27.7 Å². The first-order valence-corrected chi connectivity index (χ1v) is 5.47. The first kappa shape index (κ1) is 9.63. The summed E-state index contributed by atoms with van der Waals surface area (Å²) in [5, 5.41) is 8.31. The van der Waals surface area contributed by atoms with Gasteiger partial charge in [0.15, 0.2) is 0 Å². The maximum Gasteiger partial charge on any atom is 0.0811 e. The van der Waals surface area contributed by atoms with Crippen LogP contribution in [0.1, 0.15) is 5.56 Å². The van der Waals surface area contributed by atoms with Crippen LogP contribution in [-0.4, -0.2) is 5.75 Å². The van der Waals surface area contributed by atoms with Crippen molar-refractivity contribution in [3.05, 3.63) is 34.3 Å². The van der Waals surface area contributed by atoms with Crippen molar-refractivity contribution in [1.29, 1.82) is 5.26 Å². The van der Waals surface area contributed by atoms with E-state index in [-0.39, 0.29) is 0 Å². The van der Waals surface area contributed by atoms with Crippen molar-refractivity contribution in [2.75, 3.05) is 5.75 Å². The summed E-state index contributed by atoms with van der Waals surface area (Å²) in [7, 11) is 0. The molecule has 1 aromatic rings. The molecule has 3 heteroatoms. The molecule has 0 aromatic heterocycles. The van der Waals surface area contributed by atoms with Crippen molar-refractivity contribution in [3.8, 4) is 6.07 Å². The minimum absolute atomic E-state index is 0.566. The second-order valence-corrected chi connectivity index (χ2v) is 4.18. The Morgan fingerprint density at radius 3 is 2.58 bits per heavy atom. The molecule has 1 nitrogen and oxygen atoms in total. The molecule has 0 saturated heterocycles. The van der Waals surface area contributed by atoms with Crippen LogP contribution in [0.4, 0.5) is 0 Å². The molecule has 0 radical (unpaired) electrons. The van der Waals surface area contributed by atoms with Crippen molar-refractivity contribution in [2.45, 2.75) is 5.75 Å². The van der Waals surface area contributed by atoms with Gasteiger partial charge >= 0.3 is 0 Å².